The number of anilines is 1. The van der Waals surface area contributed by atoms with E-state index in [4.69, 9.17) is 23.2 Å². The van der Waals surface area contributed by atoms with Crippen molar-refractivity contribution in [3.63, 3.8) is 0 Å². The van der Waals surface area contributed by atoms with E-state index in [1.807, 2.05) is 12.3 Å². The van der Waals surface area contributed by atoms with E-state index < -0.39 is 10.0 Å². The Hall–Kier alpha value is -0.880. The van der Waals surface area contributed by atoms with Gasteiger partial charge in [0.2, 0.25) is 0 Å². The van der Waals surface area contributed by atoms with Crippen LogP contribution >= 0.6 is 35.0 Å². The summed E-state index contributed by atoms with van der Waals surface area (Å²) in [5.74, 6) is 0. The van der Waals surface area contributed by atoms with Crippen LogP contribution in [-0.2, 0) is 10.0 Å². The van der Waals surface area contributed by atoms with Crippen LogP contribution in [0.3, 0.4) is 0 Å². The third kappa shape index (κ3) is 3.82. The van der Waals surface area contributed by atoms with E-state index in [0.717, 1.165) is 4.90 Å². The highest BCUT2D eigenvalue weighted by molar-refractivity contribution is 7.98. The van der Waals surface area contributed by atoms with E-state index >= 15 is 0 Å². The van der Waals surface area contributed by atoms with Crippen molar-refractivity contribution >= 4 is 50.7 Å². The predicted octanol–water partition coefficient (Wildman–Crippen LogP) is 4.52. The first-order chi connectivity index (χ1) is 9.40. The molecule has 0 spiro atoms. The normalized spacial score (nSPS) is 11.3. The molecule has 3 nitrogen and oxygen atoms in total. The molecular weight excluding hydrogens is 337 g/mol. The van der Waals surface area contributed by atoms with Gasteiger partial charge in [0.1, 0.15) is 0 Å². The van der Waals surface area contributed by atoms with Crippen molar-refractivity contribution in [1.82, 2.24) is 0 Å². The summed E-state index contributed by atoms with van der Waals surface area (Å²) in [6.45, 7) is 0. The van der Waals surface area contributed by atoms with Gasteiger partial charge >= 0.3 is 0 Å². The minimum Gasteiger partial charge on any atom is -0.280 e. The zero-order valence-electron chi connectivity index (χ0n) is 10.4. The lowest BCUT2D eigenvalue weighted by atomic mass is 10.3. The Kier molecular flexibility index (Phi) is 4.86. The number of halogens is 2. The maximum absolute atomic E-state index is 12.3. The highest BCUT2D eigenvalue weighted by atomic mass is 35.5. The smallest absolute Gasteiger partial charge is 0.261 e. The molecule has 0 bridgehead atoms. The first kappa shape index (κ1) is 15.5. The summed E-state index contributed by atoms with van der Waals surface area (Å²) in [6.07, 6.45) is 1.92. The van der Waals surface area contributed by atoms with Crippen LogP contribution in [0.25, 0.3) is 0 Å². The molecule has 7 heteroatoms. The fourth-order valence-corrected chi connectivity index (χ4v) is 3.82. The SMILES string of the molecule is CSc1cccc(NS(=O)(=O)c2cc(Cl)cc(Cl)c2)c1. The summed E-state index contributed by atoms with van der Waals surface area (Å²) in [6, 6.07) is 11.3. The zero-order chi connectivity index (χ0) is 14.8. The molecule has 0 saturated heterocycles. The number of rotatable bonds is 4. The van der Waals surface area contributed by atoms with Crippen LogP contribution in [0, 0.1) is 0 Å². The van der Waals surface area contributed by atoms with Crippen LogP contribution in [0.4, 0.5) is 5.69 Å². The van der Waals surface area contributed by atoms with Crippen LogP contribution in [-0.4, -0.2) is 14.7 Å². The molecule has 0 atom stereocenters. The van der Waals surface area contributed by atoms with Gasteiger partial charge < -0.3 is 0 Å². The van der Waals surface area contributed by atoms with Gasteiger partial charge in [-0.15, -0.1) is 11.8 Å². The Labute approximate surface area is 132 Å². The third-order valence-corrected chi connectivity index (χ3v) is 4.99. The molecule has 2 aromatic rings. The molecular formula is C13H11Cl2NO2S2. The van der Waals surface area contributed by atoms with E-state index in [1.54, 1.807) is 18.2 Å². The van der Waals surface area contributed by atoms with E-state index in [2.05, 4.69) is 4.72 Å². The Morgan fingerprint density at radius 2 is 1.70 bits per heavy atom. The van der Waals surface area contributed by atoms with Crippen molar-refractivity contribution in [2.24, 2.45) is 0 Å². The summed E-state index contributed by atoms with van der Waals surface area (Å²) in [7, 11) is -3.71. The highest BCUT2D eigenvalue weighted by Crippen LogP contribution is 2.25. The lowest BCUT2D eigenvalue weighted by Crippen LogP contribution is -2.13. The average molecular weight is 348 g/mol. The van der Waals surface area contributed by atoms with Crippen molar-refractivity contribution in [2.45, 2.75) is 9.79 Å². The number of thioether (sulfide) groups is 1. The zero-order valence-corrected chi connectivity index (χ0v) is 13.6. The van der Waals surface area contributed by atoms with Gasteiger partial charge in [-0.05, 0) is 42.7 Å². The third-order valence-electron chi connectivity index (χ3n) is 2.47. The van der Waals surface area contributed by atoms with Crippen molar-refractivity contribution in [1.29, 1.82) is 0 Å². The monoisotopic (exact) mass is 347 g/mol. The molecule has 0 aromatic heterocycles. The summed E-state index contributed by atoms with van der Waals surface area (Å²) < 4.78 is 27.0. The first-order valence-electron chi connectivity index (χ1n) is 5.54. The molecule has 0 aliphatic heterocycles. The molecule has 1 N–H and O–H groups in total. The maximum atomic E-state index is 12.3. The first-order valence-corrected chi connectivity index (χ1v) is 9.00. The van der Waals surface area contributed by atoms with Gasteiger partial charge in [0.15, 0.2) is 0 Å². The largest absolute Gasteiger partial charge is 0.280 e. The second kappa shape index (κ2) is 6.26. The summed E-state index contributed by atoms with van der Waals surface area (Å²) in [5.41, 5.74) is 0.493. The Bertz CT molecular complexity index is 713. The molecule has 20 heavy (non-hydrogen) atoms. The van der Waals surface area contributed by atoms with Crippen molar-refractivity contribution in [2.75, 3.05) is 11.0 Å². The van der Waals surface area contributed by atoms with Gasteiger partial charge in [0.05, 0.1) is 4.90 Å². The van der Waals surface area contributed by atoms with E-state index in [-0.39, 0.29) is 14.9 Å². The molecule has 0 unspecified atom stereocenters. The molecule has 0 radical (unpaired) electrons. The van der Waals surface area contributed by atoms with E-state index in [1.165, 1.54) is 30.0 Å². The van der Waals surface area contributed by atoms with Crippen molar-refractivity contribution < 1.29 is 8.42 Å². The number of sulfonamides is 1. The molecule has 2 aromatic carbocycles. The lowest BCUT2D eigenvalue weighted by molar-refractivity contribution is 0.601. The minimum absolute atomic E-state index is 0.0320. The standard InChI is InChI=1S/C13H11Cl2NO2S2/c1-19-12-4-2-3-11(8-12)16-20(17,18)13-6-9(14)5-10(15)7-13/h2-8,16H,1H3. The molecule has 0 aliphatic carbocycles. The summed E-state index contributed by atoms with van der Waals surface area (Å²) >= 11 is 13.2. The number of nitrogens with one attached hydrogen (secondary N) is 1. The van der Waals surface area contributed by atoms with Crippen LogP contribution in [0.2, 0.25) is 10.0 Å². The highest BCUT2D eigenvalue weighted by Gasteiger charge is 2.15. The van der Waals surface area contributed by atoms with Gasteiger partial charge in [0.25, 0.3) is 10.0 Å². The number of hydrogen-bond acceptors (Lipinski definition) is 3. The Balaban J connectivity index is 2.35. The molecule has 106 valence electrons. The quantitative estimate of drug-likeness (QED) is 0.827. The van der Waals surface area contributed by atoms with Crippen LogP contribution in [0.15, 0.2) is 52.3 Å². The molecule has 0 saturated carbocycles. The second-order valence-electron chi connectivity index (χ2n) is 3.94. The maximum Gasteiger partial charge on any atom is 0.261 e. The Morgan fingerprint density at radius 1 is 1.05 bits per heavy atom. The minimum atomic E-state index is -3.71. The van der Waals surface area contributed by atoms with E-state index in [0.29, 0.717) is 5.69 Å². The van der Waals surface area contributed by atoms with Gasteiger partial charge in [0, 0.05) is 20.6 Å². The summed E-state index contributed by atoms with van der Waals surface area (Å²) in [5, 5.41) is 0.548. The van der Waals surface area contributed by atoms with Gasteiger partial charge in [-0.1, -0.05) is 29.3 Å². The topological polar surface area (TPSA) is 46.2 Å². The van der Waals surface area contributed by atoms with Crippen molar-refractivity contribution in [3.05, 3.63) is 52.5 Å². The van der Waals surface area contributed by atoms with E-state index in [9.17, 15) is 8.42 Å². The van der Waals surface area contributed by atoms with Crippen LogP contribution in [0.1, 0.15) is 0 Å². The van der Waals surface area contributed by atoms with Crippen LogP contribution in [0.5, 0.6) is 0 Å². The molecule has 0 heterocycles. The fraction of sp³-hybridized carbons (Fsp3) is 0.0769. The van der Waals surface area contributed by atoms with Crippen molar-refractivity contribution in [3.8, 4) is 0 Å². The summed E-state index contributed by atoms with van der Waals surface area (Å²) in [4.78, 5) is 0.999. The van der Waals surface area contributed by atoms with Crippen LogP contribution < -0.4 is 4.72 Å². The van der Waals surface area contributed by atoms with Gasteiger partial charge in [-0.25, -0.2) is 8.42 Å². The number of hydrogen-bond donors (Lipinski definition) is 1. The fourth-order valence-electron chi connectivity index (χ4n) is 1.58. The lowest BCUT2D eigenvalue weighted by Gasteiger charge is -2.09. The molecule has 2 rings (SSSR count). The molecule has 0 aliphatic rings. The molecule has 0 amide bonds. The second-order valence-corrected chi connectivity index (χ2v) is 7.38. The average Bonchev–Trinajstić information content (AvgIpc) is 2.37. The predicted molar refractivity (Wildman–Crippen MR) is 85.5 cm³/mol. The van der Waals surface area contributed by atoms with Gasteiger partial charge in [-0.2, -0.15) is 0 Å². The molecule has 0 fully saturated rings. The number of benzene rings is 2. The Morgan fingerprint density at radius 3 is 2.30 bits per heavy atom. The van der Waals surface area contributed by atoms with Gasteiger partial charge in [-0.3, -0.25) is 4.72 Å².